The molecule has 1 aromatic heterocycles. The molecule has 1 aromatic rings. The molecule has 3 nitrogen and oxygen atoms in total. The number of furan rings is 1. The zero-order valence-corrected chi connectivity index (χ0v) is 9.31. The topological polar surface area (TPSA) is 34.4 Å². The zero-order chi connectivity index (χ0) is 10.1. The summed E-state index contributed by atoms with van der Waals surface area (Å²) in [6.45, 7) is 2.76. The summed E-state index contributed by atoms with van der Waals surface area (Å²) in [5.41, 5.74) is 1.20. The van der Waals surface area contributed by atoms with Crippen LogP contribution in [0.5, 0.6) is 0 Å². The summed E-state index contributed by atoms with van der Waals surface area (Å²) in [7, 11) is 1.73. The van der Waals surface area contributed by atoms with Crippen LogP contribution in [0.25, 0.3) is 0 Å². The number of methoxy groups -OCH3 is 1. The monoisotopic (exact) mass is 215 g/mol. The second-order valence-corrected chi connectivity index (χ2v) is 4.14. The van der Waals surface area contributed by atoms with E-state index in [2.05, 4.69) is 5.32 Å². The van der Waals surface area contributed by atoms with Crippen molar-refractivity contribution in [3.05, 3.63) is 24.2 Å². The van der Waals surface area contributed by atoms with Gasteiger partial charge in [-0.15, -0.1) is 0 Å². The van der Waals surface area contributed by atoms with Crippen molar-refractivity contribution in [1.82, 2.24) is 5.32 Å². The van der Waals surface area contributed by atoms with Gasteiger partial charge in [0.15, 0.2) is 0 Å². The Balaban J connectivity index is 1.85. The Morgan fingerprint density at radius 3 is 3.14 bits per heavy atom. The van der Waals surface area contributed by atoms with Gasteiger partial charge in [-0.05, 0) is 6.07 Å². The maximum absolute atomic E-state index is 4.96. The first-order valence-electron chi connectivity index (χ1n) is 4.72. The molecule has 0 saturated carbocycles. The van der Waals surface area contributed by atoms with E-state index >= 15 is 0 Å². The molecule has 14 heavy (non-hydrogen) atoms. The van der Waals surface area contributed by atoms with Crippen LogP contribution in [0.15, 0.2) is 23.0 Å². The molecule has 0 aliphatic rings. The van der Waals surface area contributed by atoms with Crippen molar-refractivity contribution in [2.45, 2.75) is 6.54 Å². The molecule has 0 atom stereocenters. The maximum Gasteiger partial charge on any atom is 0.0947 e. The Hall–Kier alpha value is -0.450. The number of hydrogen-bond donors (Lipinski definition) is 1. The predicted octanol–water partition coefficient (Wildman–Crippen LogP) is 1.75. The third-order valence-electron chi connectivity index (χ3n) is 1.76. The van der Waals surface area contributed by atoms with Crippen LogP contribution < -0.4 is 5.32 Å². The molecule has 0 unspecified atom stereocenters. The van der Waals surface area contributed by atoms with Crippen LogP contribution >= 0.6 is 11.8 Å². The summed E-state index contributed by atoms with van der Waals surface area (Å²) >= 11 is 1.90. The van der Waals surface area contributed by atoms with Gasteiger partial charge in [-0.1, -0.05) is 0 Å². The summed E-state index contributed by atoms with van der Waals surface area (Å²) in [6.07, 6.45) is 3.47. The van der Waals surface area contributed by atoms with E-state index in [0.29, 0.717) is 0 Å². The highest BCUT2D eigenvalue weighted by molar-refractivity contribution is 7.99. The highest BCUT2D eigenvalue weighted by Crippen LogP contribution is 2.00. The van der Waals surface area contributed by atoms with Crippen molar-refractivity contribution in [3.8, 4) is 0 Å². The van der Waals surface area contributed by atoms with Crippen LogP contribution in [0.1, 0.15) is 5.56 Å². The Morgan fingerprint density at radius 1 is 1.50 bits per heavy atom. The number of hydrogen-bond acceptors (Lipinski definition) is 4. The molecule has 0 bridgehead atoms. The maximum atomic E-state index is 4.96. The molecular formula is C10H17NO2S. The molecule has 1 heterocycles. The largest absolute Gasteiger partial charge is 0.472 e. The molecule has 80 valence electrons. The van der Waals surface area contributed by atoms with Gasteiger partial charge in [0.05, 0.1) is 19.1 Å². The molecule has 1 N–H and O–H groups in total. The van der Waals surface area contributed by atoms with Gasteiger partial charge in [-0.2, -0.15) is 11.8 Å². The standard InChI is InChI=1S/C10H17NO2S/c1-12-5-7-14-6-3-11-8-10-2-4-13-9-10/h2,4,9,11H,3,5-8H2,1H3. The van der Waals surface area contributed by atoms with Crippen molar-refractivity contribution in [2.75, 3.05) is 31.8 Å². The van der Waals surface area contributed by atoms with Gasteiger partial charge >= 0.3 is 0 Å². The lowest BCUT2D eigenvalue weighted by Crippen LogP contribution is -2.16. The molecular weight excluding hydrogens is 198 g/mol. The lowest BCUT2D eigenvalue weighted by atomic mass is 10.3. The first kappa shape index (κ1) is 11.6. The molecule has 0 saturated heterocycles. The third kappa shape index (κ3) is 5.32. The fourth-order valence-corrected chi connectivity index (χ4v) is 1.79. The van der Waals surface area contributed by atoms with Gasteiger partial charge in [0, 0.05) is 37.3 Å². The fraction of sp³-hybridized carbons (Fsp3) is 0.600. The Bertz CT molecular complexity index is 214. The van der Waals surface area contributed by atoms with E-state index in [9.17, 15) is 0 Å². The normalized spacial score (nSPS) is 10.6. The van der Waals surface area contributed by atoms with E-state index in [1.54, 1.807) is 19.6 Å². The summed E-state index contributed by atoms with van der Waals surface area (Å²) in [4.78, 5) is 0. The second kappa shape index (κ2) is 7.91. The number of rotatable bonds is 8. The van der Waals surface area contributed by atoms with Crippen LogP contribution in [0.4, 0.5) is 0 Å². The van der Waals surface area contributed by atoms with Crippen molar-refractivity contribution < 1.29 is 9.15 Å². The molecule has 0 aromatic carbocycles. The Labute approximate surface area is 89.2 Å². The zero-order valence-electron chi connectivity index (χ0n) is 8.49. The average Bonchev–Trinajstić information content (AvgIpc) is 2.69. The minimum absolute atomic E-state index is 0.840. The average molecular weight is 215 g/mol. The number of nitrogens with one attached hydrogen (secondary N) is 1. The quantitative estimate of drug-likeness (QED) is 0.670. The molecule has 1 rings (SSSR count). The Morgan fingerprint density at radius 2 is 2.43 bits per heavy atom. The van der Waals surface area contributed by atoms with Gasteiger partial charge < -0.3 is 14.5 Å². The van der Waals surface area contributed by atoms with E-state index in [0.717, 1.165) is 31.2 Å². The van der Waals surface area contributed by atoms with Gasteiger partial charge in [0.2, 0.25) is 0 Å². The first-order valence-corrected chi connectivity index (χ1v) is 5.87. The molecule has 0 amide bonds. The van der Waals surface area contributed by atoms with Crippen LogP contribution in [-0.2, 0) is 11.3 Å². The summed E-state index contributed by atoms with van der Waals surface area (Å²) in [5.74, 6) is 2.20. The molecule has 0 aliphatic heterocycles. The SMILES string of the molecule is COCCSCCNCc1ccoc1. The highest BCUT2D eigenvalue weighted by atomic mass is 32.2. The van der Waals surface area contributed by atoms with Crippen molar-refractivity contribution in [2.24, 2.45) is 0 Å². The van der Waals surface area contributed by atoms with Gasteiger partial charge in [-0.25, -0.2) is 0 Å². The predicted molar refractivity (Wildman–Crippen MR) is 59.6 cm³/mol. The minimum Gasteiger partial charge on any atom is -0.472 e. The number of thioether (sulfide) groups is 1. The Kier molecular flexibility index (Phi) is 6.57. The van der Waals surface area contributed by atoms with Crippen LogP contribution in [0.3, 0.4) is 0 Å². The number of ether oxygens (including phenoxy) is 1. The summed E-state index contributed by atoms with van der Waals surface area (Å²) in [6, 6.07) is 1.98. The minimum atomic E-state index is 0.840. The van der Waals surface area contributed by atoms with E-state index in [1.165, 1.54) is 5.56 Å². The molecule has 0 spiro atoms. The van der Waals surface area contributed by atoms with E-state index in [4.69, 9.17) is 9.15 Å². The van der Waals surface area contributed by atoms with E-state index in [-0.39, 0.29) is 0 Å². The van der Waals surface area contributed by atoms with Crippen LogP contribution in [0.2, 0.25) is 0 Å². The summed E-state index contributed by atoms with van der Waals surface area (Å²) in [5, 5.41) is 3.34. The smallest absolute Gasteiger partial charge is 0.0947 e. The van der Waals surface area contributed by atoms with Crippen molar-refractivity contribution in [3.63, 3.8) is 0 Å². The lowest BCUT2D eigenvalue weighted by molar-refractivity contribution is 0.218. The molecule has 0 aliphatic carbocycles. The van der Waals surface area contributed by atoms with E-state index in [1.807, 2.05) is 17.8 Å². The second-order valence-electron chi connectivity index (χ2n) is 2.91. The highest BCUT2D eigenvalue weighted by Gasteiger charge is 1.93. The van der Waals surface area contributed by atoms with Gasteiger partial charge in [0.25, 0.3) is 0 Å². The van der Waals surface area contributed by atoms with Crippen LogP contribution in [0, 0.1) is 0 Å². The first-order chi connectivity index (χ1) is 6.93. The van der Waals surface area contributed by atoms with Gasteiger partial charge in [0.1, 0.15) is 0 Å². The molecule has 0 fully saturated rings. The molecule has 4 heteroatoms. The third-order valence-corrected chi connectivity index (χ3v) is 2.71. The van der Waals surface area contributed by atoms with Crippen molar-refractivity contribution >= 4 is 11.8 Å². The van der Waals surface area contributed by atoms with Gasteiger partial charge in [-0.3, -0.25) is 0 Å². The molecule has 0 radical (unpaired) electrons. The van der Waals surface area contributed by atoms with Crippen molar-refractivity contribution in [1.29, 1.82) is 0 Å². The fourth-order valence-electron chi connectivity index (χ4n) is 1.01. The van der Waals surface area contributed by atoms with Crippen LogP contribution in [-0.4, -0.2) is 31.8 Å². The lowest BCUT2D eigenvalue weighted by Gasteiger charge is -2.02. The summed E-state index contributed by atoms with van der Waals surface area (Å²) < 4.78 is 9.92. The van der Waals surface area contributed by atoms with E-state index < -0.39 is 0 Å².